The monoisotopic (exact) mass is 329 g/mol. The second-order valence-electron chi connectivity index (χ2n) is 6.81. The van der Waals surface area contributed by atoms with E-state index in [0.717, 1.165) is 0 Å². The Bertz CT molecular complexity index is 699. The smallest absolute Gasteiger partial charge is 0.285 e. The Hall–Kier alpha value is -2.40. The number of benzene rings is 1. The van der Waals surface area contributed by atoms with Gasteiger partial charge in [0.15, 0.2) is 0 Å². The van der Waals surface area contributed by atoms with Crippen LogP contribution in [0, 0.1) is 5.92 Å². The van der Waals surface area contributed by atoms with Gasteiger partial charge in [0.05, 0.1) is 5.57 Å². The van der Waals surface area contributed by atoms with Gasteiger partial charge in [-0.1, -0.05) is 32.6 Å². The van der Waals surface area contributed by atoms with Crippen molar-refractivity contribution in [3.8, 4) is 5.75 Å². The van der Waals surface area contributed by atoms with Gasteiger partial charge in [-0.2, -0.15) is 0 Å². The minimum Gasteiger partial charge on any atom is -0.484 e. The average molecular weight is 329 g/mol. The summed E-state index contributed by atoms with van der Waals surface area (Å²) >= 11 is 0. The summed E-state index contributed by atoms with van der Waals surface area (Å²) < 4.78 is 5.78. The molecule has 0 atom stereocenters. The minimum atomic E-state index is -0.685. The van der Waals surface area contributed by atoms with E-state index < -0.39 is 17.4 Å². The normalized spacial score (nSPS) is 15.5. The van der Waals surface area contributed by atoms with Crippen LogP contribution in [0.3, 0.4) is 0 Å². The molecule has 1 aliphatic rings. The first-order valence-electron chi connectivity index (χ1n) is 7.90. The molecule has 0 aromatic heterocycles. The van der Waals surface area contributed by atoms with Gasteiger partial charge in [0.1, 0.15) is 11.4 Å². The zero-order valence-corrected chi connectivity index (χ0v) is 14.5. The molecule has 128 valence electrons. The van der Waals surface area contributed by atoms with Crippen molar-refractivity contribution in [1.29, 1.82) is 0 Å². The third-order valence-electron chi connectivity index (χ3n) is 3.79. The van der Waals surface area contributed by atoms with Crippen LogP contribution in [0.25, 0.3) is 5.57 Å². The molecule has 0 radical (unpaired) electrons. The van der Waals surface area contributed by atoms with E-state index in [4.69, 9.17) is 4.74 Å². The first kappa shape index (κ1) is 17.9. The summed E-state index contributed by atoms with van der Waals surface area (Å²) in [5, 5.41) is 9.87. The summed E-state index contributed by atoms with van der Waals surface area (Å²) in [5.74, 6) is -0.505. The first-order chi connectivity index (χ1) is 11.2. The predicted molar refractivity (Wildman–Crippen MR) is 91.4 cm³/mol. The van der Waals surface area contributed by atoms with Gasteiger partial charge in [0.2, 0.25) is 0 Å². The lowest BCUT2D eigenvalue weighted by Crippen LogP contribution is -2.27. The molecule has 1 aromatic carbocycles. The maximum Gasteiger partial charge on any atom is 0.285 e. The number of hydrogen-bond acceptors (Lipinski definition) is 4. The quantitative estimate of drug-likeness (QED) is 0.492. The highest BCUT2D eigenvalue weighted by Crippen LogP contribution is 2.33. The molecule has 0 unspecified atom stereocenters. The summed E-state index contributed by atoms with van der Waals surface area (Å²) in [7, 11) is 0. The Balaban J connectivity index is 2.38. The zero-order valence-electron chi connectivity index (χ0n) is 14.5. The van der Waals surface area contributed by atoms with Gasteiger partial charge in [-0.3, -0.25) is 14.8 Å². The summed E-state index contributed by atoms with van der Waals surface area (Å²) in [5.41, 5.74) is 0.678. The number of ether oxygens (including phenoxy) is 1. The molecule has 2 amide bonds. The molecule has 0 spiro atoms. The van der Waals surface area contributed by atoms with E-state index in [0.29, 0.717) is 23.3 Å². The van der Waals surface area contributed by atoms with Crippen molar-refractivity contribution in [2.24, 2.45) is 5.92 Å². The lowest BCUT2D eigenvalue weighted by molar-refractivity contribution is -0.169. The molecule has 0 saturated carbocycles. The van der Waals surface area contributed by atoms with Crippen LogP contribution in [0.5, 0.6) is 5.75 Å². The number of nitrogens with zero attached hydrogens (tertiary/aromatic N) is 1. The van der Waals surface area contributed by atoms with Gasteiger partial charge in [-0.25, -0.2) is 0 Å². The van der Waals surface area contributed by atoms with Crippen LogP contribution in [0.2, 0.25) is 0 Å². The molecule has 2 rings (SSSR count). The highest BCUT2D eigenvalue weighted by molar-refractivity contribution is 6.35. The predicted octanol–water partition coefficient (Wildman–Crippen LogP) is 3.59. The van der Waals surface area contributed by atoms with Crippen LogP contribution in [-0.2, 0) is 9.59 Å². The number of carbonyl (C=O) groups is 2. The number of hydroxylamine groups is 2. The van der Waals surface area contributed by atoms with E-state index in [2.05, 4.69) is 6.58 Å². The molecule has 1 N–H and O–H groups in total. The molecule has 1 aliphatic heterocycles. The van der Waals surface area contributed by atoms with Crippen LogP contribution in [-0.4, -0.2) is 27.7 Å². The van der Waals surface area contributed by atoms with E-state index in [-0.39, 0.29) is 16.6 Å². The minimum absolute atomic E-state index is 0.189. The Kier molecular flexibility index (Phi) is 4.94. The summed E-state index contributed by atoms with van der Waals surface area (Å²) in [6, 6.07) is 6.90. The SMILES string of the molecule is C=CC(C)(C)Oc1ccc(C2=C(CC(C)C)C(=O)N(O)C2=O)cc1. The van der Waals surface area contributed by atoms with Crippen LogP contribution in [0.4, 0.5) is 0 Å². The van der Waals surface area contributed by atoms with Crippen molar-refractivity contribution in [1.82, 2.24) is 5.06 Å². The second kappa shape index (κ2) is 6.61. The number of amides is 2. The highest BCUT2D eigenvalue weighted by atomic mass is 16.5. The van der Waals surface area contributed by atoms with Gasteiger partial charge in [-0.15, -0.1) is 5.06 Å². The van der Waals surface area contributed by atoms with Gasteiger partial charge in [0.25, 0.3) is 11.8 Å². The summed E-state index contributed by atoms with van der Waals surface area (Å²) in [6.45, 7) is 11.4. The average Bonchev–Trinajstić information content (AvgIpc) is 2.72. The van der Waals surface area contributed by atoms with Gasteiger partial charge in [0, 0.05) is 5.57 Å². The largest absolute Gasteiger partial charge is 0.484 e. The summed E-state index contributed by atoms with van der Waals surface area (Å²) in [6.07, 6.45) is 2.13. The summed E-state index contributed by atoms with van der Waals surface area (Å²) in [4.78, 5) is 24.3. The van der Waals surface area contributed by atoms with Crippen LogP contribution < -0.4 is 4.74 Å². The third-order valence-corrected chi connectivity index (χ3v) is 3.79. The Labute approximate surface area is 142 Å². The molecule has 5 heteroatoms. The maximum absolute atomic E-state index is 12.2. The Morgan fingerprint density at radius 2 is 1.79 bits per heavy atom. The molecule has 1 heterocycles. The van der Waals surface area contributed by atoms with Gasteiger partial charge >= 0.3 is 0 Å². The molecule has 24 heavy (non-hydrogen) atoms. The number of rotatable bonds is 6. The zero-order chi connectivity index (χ0) is 18.1. The lowest BCUT2D eigenvalue weighted by Gasteiger charge is -2.22. The van der Waals surface area contributed by atoms with Crippen molar-refractivity contribution >= 4 is 17.4 Å². The lowest BCUT2D eigenvalue weighted by atomic mass is 9.95. The number of imide groups is 1. The fraction of sp³-hybridized carbons (Fsp3) is 0.368. The molecule has 0 bridgehead atoms. The topological polar surface area (TPSA) is 66.8 Å². The van der Waals surface area contributed by atoms with E-state index in [1.807, 2.05) is 27.7 Å². The maximum atomic E-state index is 12.2. The van der Waals surface area contributed by atoms with E-state index >= 15 is 0 Å². The second-order valence-corrected chi connectivity index (χ2v) is 6.81. The Morgan fingerprint density at radius 1 is 1.21 bits per heavy atom. The number of hydrogen-bond donors (Lipinski definition) is 1. The Morgan fingerprint density at radius 3 is 2.29 bits per heavy atom. The molecule has 5 nitrogen and oxygen atoms in total. The number of carbonyl (C=O) groups excluding carboxylic acids is 2. The molecular weight excluding hydrogens is 306 g/mol. The van der Waals surface area contributed by atoms with Crippen molar-refractivity contribution in [3.05, 3.63) is 48.1 Å². The van der Waals surface area contributed by atoms with Crippen LogP contribution >= 0.6 is 0 Å². The van der Waals surface area contributed by atoms with Crippen molar-refractivity contribution in [2.45, 2.75) is 39.7 Å². The van der Waals surface area contributed by atoms with Crippen LogP contribution in [0.1, 0.15) is 39.7 Å². The van der Waals surface area contributed by atoms with Gasteiger partial charge < -0.3 is 4.74 Å². The van der Waals surface area contributed by atoms with Crippen molar-refractivity contribution in [2.75, 3.05) is 0 Å². The molecule has 1 aromatic rings. The van der Waals surface area contributed by atoms with E-state index in [9.17, 15) is 14.8 Å². The van der Waals surface area contributed by atoms with E-state index in [1.54, 1.807) is 30.3 Å². The van der Waals surface area contributed by atoms with E-state index in [1.165, 1.54) is 0 Å². The molecule has 0 fully saturated rings. The van der Waals surface area contributed by atoms with Gasteiger partial charge in [-0.05, 0) is 50.0 Å². The van der Waals surface area contributed by atoms with Crippen molar-refractivity contribution < 1.29 is 19.5 Å². The van der Waals surface area contributed by atoms with Crippen LogP contribution in [0.15, 0.2) is 42.5 Å². The standard InChI is InChI=1S/C19H23NO4/c1-6-19(4,5)24-14-9-7-13(8-10-14)16-15(11-12(2)3)17(21)20(23)18(16)22/h6-10,12,23H,1,11H2,2-5H3. The molecule has 0 saturated heterocycles. The first-order valence-corrected chi connectivity index (χ1v) is 7.90. The molecular formula is C19H23NO4. The third kappa shape index (κ3) is 3.57. The highest BCUT2D eigenvalue weighted by Gasteiger charge is 2.38. The fourth-order valence-electron chi connectivity index (χ4n) is 2.49. The molecule has 0 aliphatic carbocycles. The van der Waals surface area contributed by atoms with Crippen molar-refractivity contribution in [3.63, 3.8) is 0 Å². The fourth-order valence-corrected chi connectivity index (χ4v) is 2.49.